The Labute approximate surface area is 180 Å². The Bertz CT molecular complexity index is 1030. The van der Waals surface area contributed by atoms with Crippen LogP contribution in [0, 0.1) is 35.5 Å². The van der Waals surface area contributed by atoms with Crippen LogP contribution < -0.4 is 4.72 Å². The lowest BCUT2D eigenvalue weighted by Crippen LogP contribution is -2.51. The number of hydrogen-bond acceptors (Lipinski definition) is 2. The summed E-state index contributed by atoms with van der Waals surface area (Å²) in [7, 11) is -3.49. The first-order chi connectivity index (χ1) is 14.4. The van der Waals surface area contributed by atoms with E-state index in [1.54, 1.807) is 12.1 Å². The Hall–Kier alpha value is -2.09. The quantitative estimate of drug-likeness (QED) is 0.668. The highest BCUT2D eigenvalue weighted by Gasteiger charge is 2.50. The van der Waals surface area contributed by atoms with E-state index in [2.05, 4.69) is 10.6 Å². The maximum atomic E-state index is 13.0. The second-order valence-corrected chi connectivity index (χ2v) is 11.6. The van der Waals surface area contributed by atoms with E-state index in [9.17, 15) is 8.42 Å². The lowest BCUT2D eigenvalue weighted by atomic mass is 9.50. The first-order valence-electron chi connectivity index (χ1n) is 11.1. The highest BCUT2D eigenvalue weighted by atomic mass is 32.2. The van der Waals surface area contributed by atoms with E-state index < -0.39 is 10.0 Å². The Balaban J connectivity index is 1.27. The van der Waals surface area contributed by atoms with Gasteiger partial charge in [0.2, 0.25) is 10.0 Å². The summed E-state index contributed by atoms with van der Waals surface area (Å²) < 4.78 is 28.9. The summed E-state index contributed by atoms with van der Waals surface area (Å²) in [6.07, 6.45) is 13.7. The first-order valence-corrected chi connectivity index (χ1v) is 12.6. The number of nitrogens with one attached hydrogen (secondary N) is 1. The van der Waals surface area contributed by atoms with E-state index in [0.29, 0.717) is 17.9 Å². The van der Waals surface area contributed by atoms with Crippen molar-refractivity contribution in [3.05, 3.63) is 54.1 Å². The third-order valence-corrected chi connectivity index (χ3v) is 8.98. The second-order valence-electron chi connectivity index (χ2n) is 9.84. The van der Waals surface area contributed by atoms with Crippen molar-refractivity contribution in [3.63, 3.8) is 0 Å². The molecular formula is C26H29NO2S. The highest BCUT2D eigenvalue weighted by Crippen LogP contribution is 2.59. The average Bonchev–Trinajstić information content (AvgIpc) is 2.73. The molecule has 0 saturated heterocycles. The fraction of sp³-hybridized carbons (Fsp3) is 0.462. The van der Waals surface area contributed by atoms with Gasteiger partial charge in [-0.3, -0.25) is 0 Å². The standard InChI is InChI=1S/C26H29NO2S/c1-2-3-19-4-6-23(7-5-19)24-8-10-25(11-9-24)30(28,29)27-18-26-15-20-12-21(16-26)14-22(13-20)17-26/h1,4-11,20-22,27H,3,12-18H2. The van der Waals surface area contributed by atoms with Gasteiger partial charge in [0.1, 0.15) is 0 Å². The summed E-state index contributed by atoms with van der Waals surface area (Å²) >= 11 is 0. The maximum Gasteiger partial charge on any atom is 0.240 e. The molecule has 4 fully saturated rings. The smallest absolute Gasteiger partial charge is 0.211 e. The van der Waals surface area contributed by atoms with Crippen LogP contribution in [0.25, 0.3) is 11.1 Å². The van der Waals surface area contributed by atoms with E-state index in [-0.39, 0.29) is 5.41 Å². The summed E-state index contributed by atoms with van der Waals surface area (Å²) in [5.74, 6) is 5.12. The number of benzene rings is 2. The third-order valence-electron chi connectivity index (χ3n) is 7.56. The van der Waals surface area contributed by atoms with Crippen molar-refractivity contribution in [1.29, 1.82) is 0 Å². The molecule has 2 aromatic carbocycles. The Morgan fingerprint density at radius 2 is 1.37 bits per heavy atom. The van der Waals surface area contributed by atoms with Crippen molar-refractivity contribution in [1.82, 2.24) is 4.72 Å². The number of rotatable bonds is 6. The fourth-order valence-electron chi connectivity index (χ4n) is 6.60. The molecule has 4 heteroatoms. The van der Waals surface area contributed by atoms with Gasteiger partial charge in [-0.1, -0.05) is 36.4 Å². The molecule has 156 valence electrons. The van der Waals surface area contributed by atoms with Crippen LogP contribution in [0.15, 0.2) is 53.4 Å². The van der Waals surface area contributed by atoms with Crippen LogP contribution in [0.2, 0.25) is 0 Å². The molecule has 30 heavy (non-hydrogen) atoms. The van der Waals surface area contributed by atoms with Gasteiger partial charge in [0.05, 0.1) is 4.90 Å². The predicted molar refractivity (Wildman–Crippen MR) is 120 cm³/mol. The van der Waals surface area contributed by atoms with Gasteiger partial charge >= 0.3 is 0 Å². The number of terminal acetylenes is 1. The number of sulfonamides is 1. The molecule has 0 unspecified atom stereocenters. The van der Waals surface area contributed by atoms with Crippen LogP contribution in [-0.2, 0) is 16.4 Å². The minimum absolute atomic E-state index is 0.196. The van der Waals surface area contributed by atoms with Crippen LogP contribution in [0.4, 0.5) is 0 Å². The van der Waals surface area contributed by atoms with Gasteiger partial charge in [0.25, 0.3) is 0 Å². The Kier molecular flexibility index (Phi) is 5.00. The molecule has 0 heterocycles. The van der Waals surface area contributed by atoms with E-state index in [4.69, 9.17) is 6.42 Å². The van der Waals surface area contributed by atoms with Gasteiger partial charge in [-0.25, -0.2) is 13.1 Å². The molecule has 0 amide bonds. The van der Waals surface area contributed by atoms with Gasteiger partial charge in [-0.2, -0.15) is 0 Å². The Morgan fingerprint density at radius 1 is 0.867 bits per heavy atom. The van der Waals surface area contributed by atoms with Gasteiger partial charge in [-0.05, 0) is 90.5 Å². The molecule has 2 aromatic rings. The molecule has 4 saturated carbocycles. The molecule has 4 aliphatic rings. The molecule has 0 aromatic heterocycles. The first kappa shape index (κ1) is 19.8. The molecule has 0 spiro atoms. The van der Waals surface area contributed by atoms with Crippen LogP contribution >= 0.6 is 0 Å². The SMILES string of the molecule is C#CCc1ccc(-c2ccc(S(=O)(=O)NCC34CC5CC(CC(C5)C3)C4)cc2)cc1. The van der Waals surface area contributed by atoms with Crippen LogP contribution in [0.1, 0.15) is 44.1 Å². The summed E-state index contributed by atoms with van der Waals surface area (Å²) in [4.78, 5) is 0.347. The van der Waals surface area contributed by atoms with E-state index in [0.717, 1.165) is 34.4 Å². The summed E-state index contributed by atoms with van der Waals surface area (Å²) in [6, 6.07) is 15.3. The van der Waals surface area contributed by atoms with Crippen LogP contribution in [0.5, 0.6) is 0 Å². The minimum atomic E-state index is -3.49. The lowest BCUT2D eigenvalue weighted by Gasteiger charge is -2.56. The zero-order valence-corrected chi connectivity index (χ0v) is 18.1. The van der Waals surface area contributed by atoms with E-state index >= 15 is 0 Å². The van der Waals surface area contributed by atoms with Gasteiger partial charge < -0.3 is 0 Å². The summed E-state index contributed by atoms with van der Waals surface area (Å²) in [6.45, 7) is 0.594. The van der Waals surface area contributed by atoms with Crippen molar-refractivity contribution in [2.45, 2.75) is 49.8 Å². The minimum Gasteiger partial charge on any atom is -0.211 e. The van der Waals surface area contributed by atoms with Crippen molar-refractivity contribution in [2.75, 3.05) is 6.54 Å². The van der Waals surface area contributed by atoms with Crippen molar-refractivity contribution in [2.24, 2.45) is 23.2 Å². The molecular weight excluding hydrogens is 390 g/mol. The molecule has 4 aliphatic carbocycles. The van der Waals surface area contributed by atoms with Gasteiger partial charge in [0, 0.05) is 13.0 Å². The van der Waals surface area contributed by atoms with E-state index in [1.807, 2.05) is 36.4 Å². The second kappa shape index (κ2) is 7.55. The lowest BCUT2D eigenvalue weighted by molar-refractivity contribution is -0.0487. The molecule has 4 bridgehead atoms. The zero-order valence-electron chi connectivity index (χ0n) is 17.3. The largest absolute Gasteiger partial charge is 0.240 e. The van der Waals surface area contributed by atoms with Crippen molar-refractivity contribution >= 4 is 10.0 Å². The Morgan fingerprint density at radius 3 is 1.87 bits per heavy atom. The van der Waals surface area contributed by atoms with Gasteiger partial charge in [-0.15, -0.1) is 12.3 Å². The fourth-order valence-corrected chi connectivity index (χ4v) is 7.75. The van der Waals surface area contributed by atoms with Gasteiger partial charge in [0.15, 0.2) is 0 Å². The molecule has 0 atom stereocenters. The van der Waals surface area contributed by atoms with Crippen LogP contribution in [0.3, 0.4) is 0 Å². The normalized spacial score (nSPS) is 29.6. The van der Waals surface area contributed by atoms with E-state index in [1.165, 1.54) is 38.5 Å². The molecule has 1 N–H and O–H groups in total. The summed E-state index contributed by atoms with van der Waals surface area (Å²) in [5.41, 5.74) is 3.36. The predicted octanol–water partition coefficient (Wildman–Crippen LogP) is 5.02. The molecule has 0 aliphatic heterocycles. The van der Waals surface area contributed by atoms with Crippen LogP contribution in [-0.4, -0.2) is 15.0 Å². The topological polar surface area (TPSA) is 46.2 Å². The maximum absolute atomic E-state index is 13.0. The highest BCUT2D eigenvalue weighted by molar-refractivity contribution is 7.89. The monoisotopic (exact) mass is 419 g/mol. The molecule has 3 nitrogen and oxygen atoms in total. The zero-order chi connectivity index (χ0) is 20.8. The average molecular weight is 420 g/mol. The summed E-state index contributed by atoms with van der Waals surface area (Å²) in [5, 5.41) is 0. The third kappa shape index (κ3) is 3.82. The molecule has 0 radical (unpaired) electrons. The number of hydrogen-bond donors (Lipinski definition) is 1. The van der Waals surface area contributed by atoms with Crippen molar-refractivity contribution in [3.8, 4) is 23.5 Å². The van der Waals surface area contributed by atoms with Crippen molar-refractivity contribution < 1.29 is 8.42 Å². The molecule has 6 rings (SSSR count).